The molecular formula is C17H27N3O. The highest BCUT2D eigenvalue weighted by molar-refractivity contribution is 5.78. The van der Waals surface area contributed by atoms with Crippen LogP contribution in [0.3, 0.4) is 0 Å². The second kappa shape index (κ2) is 6.65. The van der Waals surface area contributed by atoms with E-state index < -0.39 is 0 Å². The number of aromatic nitrogens is 1. The van der Waals surface area contributed by atoms with Crippen LogP contribution in [0, 0.1) is 0 Å². The van der Waals surface area contributed by atoms with Gasteiger partial charge in [-0.25, -0.2) is 0 Å². The third-order valence-corrected chi connectivity index (χ3v) is 5.04. The molecule has 4 heteroatoms. The summed E-state index contributed by atoms with van der Waals surface area (Å²) in [5, 5.41) is 3.26. The molecule has 0 bridgehead atoms. The smallest absolute Gasteiger partial charge is 0.234 e. The van der Waals surface area contributed by atoms with Crippen LogP contribution in [0.4, 0.5) is 0 Å². The third kappa shape index (κ3) is 3.49. The van der Waals surface area contributed by atoms with Crippen molar-refractivity contribution in [2.45, 2.75) is 64.1 Å². The van der Waals surface area contributed by atoms with Crippen molar-refractivity contribution in [2.75, 3.05) is 13.1 Å². The highest BCUT2D eigenvalue weighted by atomic mass is 16.2. The Morgan fingerprint density at radius 2 is 2.00 bits per heavy atom. The summed E-state index contributed by atoms with van der Waals surface area (Å²) in [6, 6.07) is 5.00. The topological polar surface area (TPSA) is 37.3 Å². The molecule has 1 atom stereocenters. The number of carbonyl (C=O) groups is 1. The number of amides is 1. The Hall–Kier alpha value is -1.29. The van der Waals surface area contributed by atoms with Gasteiger partial charge in [-0.05, 0) is 31.9 Å². The van der Waals surface area contributed by atoms with Crippen LogP contribution < -0.4 is 5.32 Å². The fraction of sp³-hybridized carbons (Fsp3) is 0.706. The van der Waals surface area contributed by atoms with Crippen LogP contribution in [0.15, 0.2) is 18.3 Å². The molecular weight excluding hydrogens is 262 g/mol. The van der Waals surface area contributed by atoms with Crippen LogP contribution in [0.25, 0.3) is 0 Å². The molecule has 116 valence electrons. The van der Waals surface area contributed by atoms with Gasteiger partial charge in [0.2, 0.25) is 5.91 Å². The summed E-state index contributed by atoms with van der Waals surface area (Å²) in [7, 11) is 0. The number of carbonyl (C=O) groups excluding carboxylic acids is 1. The lowest BCUT2D eigenvalue weighted by molar-refractivity contribution is -0.123. The molecule has 1 saturated carbocycles. The Morgan fingerprint density at radius 1 is 1.24 bits per heavy atom. The van der Waals surface area contributed by atoms with E-state index in [1.165, 1.54) is 31.4 Å². The highest BCUT2D eigenvalue weighted by Crippen LogP contribution is 2.25. The van der Waals surface area contributed by atoms with Crippen molar-refractivity contribution >= 4 is 5.91 Å². The van der Waals surface area contributed by atoms with Crippen molar-refractivity contribution < 1.29 is 4.79 Å². The number of nitrogens with zero attached hydrogens (tertiary/aromatic N) is 2. The fourth-order valence-electron chi connectivity index (χ4n) is 3.72. The van der Waals surface area contributed by atoms with Crippen molar-refractivity contribution in [1.82, 2.24) is 14.8 Å². The molecule has 1 N–H and O–H groups in total. The van der Waals surface area contributed by atoms with Crippen molar-refractivity contribution in [1.29, 1.82) is 0 Å². The third-order valence-electron chi connectivity index (χ3n) is 5.04. The molecule has 0 unspecified atom stereocenters. The predicted molar refractivity (Wildman–Crippen MR) is 84.1 cm³/mol. The lowest BCUT2D eigenvalue weighted by Gasteiger charge is -2.34. The van der Waals surface area contributed by atoms with Gasteiger partial charge in [-0.1, -0.05) is 25.7 Å². The van der Waals surface area contributed by atoms with Gasteiger partial charge in [0.1, 0.15) is 0 Å². The Kier molecular flexibility index (Phi) is 4.63. The molecule has 1 aliphatic heterocycles. The van der Waals surface area contributed by atoms with Gasteiger partial charge in [-0.15, -0.1) is 0 Å². The Morgan fingerprint density at radius 3 is 2.76 bits per heavy atom. The van der Waals surface area contributed by atoms with Crippen LogP contribution >= 0.6 is 0 Å². The number of hydrogen-bond acceptors (Lipinski definition) is 2. The maximum absolute atomic E-state index is 12.3. The van der Waals surface area contributed by atoms with Gasteiger partial charge in [0.05, 0.1) is 6.54 Å². The van der Waals surface area contributed by atoms with Crippen LogP contribution in [0.5, 0.6) is 0 Å². The Bertz CT molecular complexity index is 474. The van der Waals surface area contributed by atoms with Gasteiger partial charge >= 0.3 is 0 Å². The molecule has 21 heavy (non-hydrogen) atoms. The van der Waals surface area contributed by atoms with Crippen LogP contribution in [0.1, 0.15) is 57.2 Å². The van der Waals surface area contributed by atoms with E-state index >= 15 is 0 Å². The first kappa shape index (κ1) is 14.6. The van der Waals surface area contributed by atoms with E-state index in [-0.39, 0.29) is 5.91 Å². The van der Waals surface area contributed by atoms with E-state index in [0.717, 1.165) is 25.9 Å². The predicted octanol–water partition coefficient (Wildman–Crippen LogP) is 2.70. The number of fused-ring (bicyclic) bond motifs is 1. The largest absolute Gasteiger partial charge is 0.352 e. The number of nitrogens with one attached hydrogen (secondary N) is 1. The maximum Gasteiger partial charge on any atom is 0.234 e. The normalized spacial score (nSPS) is 24.3. The minimum Gasteiger partial charge on any atom is -0.352 e. The van der Waals surface area contributed by atoms with Crippen molar-refractivity contribution in [2.24, 2.45) is 0 Å². The second-order valence-corrected chi connectivity index (χ2v) is 6.53. The van der Waals surface area contributed by atoms with Crippen LogP contribution in [-0.4, -0.2) is 34.5 Å². The first-order chi connectivity index (χ1) is 10.2. The maximum atomic E-state index is 12.3. The summed E-state index contributed by atoms with van der Waals surface area (Å²) < 4.78 is 2.30. The van der Waals surface area contributed by atoms with Gasteiger partial charge in [0, 0.05) is 37.1 Å². The van der Waals surface area contributed by atoms with E-state index in [9.17, 15) is 4.79 Å². The summed E-state index contributed by atoms with van der Waals surface area (Å²) >= 11 is 0. The lowest BCUT2D eigenvalue weighted by atomic mass is 10.1. The monoisotopic (exact) mass is 289 g/mol. The molecule has 0 radical (unpaired) electrons. The number of rotatable bonds is 3. The summed E-state index contributed by atoms with van der Waals surface area (Å²) in [6.45, 7) is 4.68. The fourth-order valence-corrected chi connectivity index (χ4v) is 3.72. The molecule has 2 aliphatic rings. The molecule has 0 aromatic carbocycles. The Balaban J connectivity index is 1.53. The molecule has 4 nitrogen and oxygen atoms in total. The average Bonchev–Trinajstić information content (AvgIpc) is 2.81. The molecule has 0 spiro atoms. The van der Waals surface area contributed by atoms with Crippen LogP contribution in [0.2, 0.25) is 0 Å². The molecule has 1 amide bonds. The molecule has 1 aliphatic carbocycles. The molecule has 1 fully saturated rings. The zero-order valence-corrected chi connectivity index (χ0v) is 13.1. The molecule has 1 aromatic heterocycles. The van der Waals surface area contributed by atoms with Gasteiger partial charge in [-0.2, -0.15) is 0 Å². The second-order valence-electron chi connectivity index (χ2n) is 6.53. The average molecular weight is 289 g/mol. The van der Waals surface area contributed by atoms with E-state index in [2.05, 4.69) is 40.0 Å². The first-order valence-corrected chi connectivity index (χ1v) is 8.42. The van der Waals surface area contributed by atoms with E-state index in [0.29, 0.717) is 18.6 Å². The minimum absolute atomic E-state index is 0.203. The standard InChI is InChI=1S/C17H27N3O/c1-14-16-9-6-10-19(16)11-12-20(14)13-17(21)18-15-7-4-2-3-5-8-15/h6,9-10,14-15H,2-5,7-8,11-13H2,1H3,(H,18,21)/t14-/m0/s1. The quantitative estimate of drug-likeness (QED) is 0.869. The SMILES string of the molecule is C[C@H]1c2cccn2CCN1CC(=O)NC1CCCCCC1. The van der Waals surface area contributed by atoms with Gasteiger partial charge in [-0.3, -0.25) is 9.69 Å². The lowest BCUT2D eigenvalue weighted by Crippen LogP contribution is -2.45. The molecule has 3 rings (SSSR count). The molecule has 0 saturated heterocycles. The van der Waals surface area contributed by atoms with Crippen molar-refractivity contribution in [3.63, 3.8) is 0 Å². The zero-order valence-electron chi connectivity index (χ0n) is 13.1. The van der Waals surface area contributed by atoms with Gasteiger partial charge in [0.15, 0.2) is 0 Å². The van der Waals surface area contributed by atoms with E-state index in [4.69, 9.17) is 0 Å². The molecule has 1 aromatic rings. The number of hydrogen-bond donors (Lipinski definition) is 1. The van der Waals surface area contributed by atoms with Crippen LogP contribution in [-0.2, 0) is 11.3 Å². The summed E-state index contributed by atoms with van der Waals surface area (Å²) in [5.41, 5.74) is 1.32. The highest BCUT2D eigenvalue weighted by Gasteiger charge is 2.25. The summed E-state index contributed by atoms with van der Waals surface area (Å²) in [5.74, 6) is 0.203. The van der Waals surface area contributed by atoms with Gasteiger partial charge < -0.3 is 9.88 Å². The van der Waals surface area contributed by atoms with E-state index in [1.807, 2.05) is 0 Å². The minimum atomic E-state index is 0.203. The molecule has 2 heterocycles. The zero-order chi connectivity index (χ0) is 14.7. The summed E-state index contributed by atoms with van der Waals surface area (Å²) in [4.78, 5) is 14.6. The first-order valence-electron chi connectivity index (χ1n) is 8.42. The van der Waals surface area contributed by atoms with Crippen molar-refractivity contribution in [3.05, 3.63) is 24.0 Å². The summed E-state index contributed by atoms with van der Waals surface area (Å²) in [6.07, 6.45) is 9.62. The van der Waals surface area contributed by atoms with Gasteiger partial charge in [0.25, 0.3) is 0 Å². The van der Waals surface area contributed by atoms with E-state index in [1.54, 1.807) is 0 Å². The Labute approximate surface area is 127 Å². The van der Waals surface area contributed by atoms with Crippen molar-refractivity contribution in [3.8, 4) is 0 Å².